The third kappa shape index (κ3) is 4.23. The third-order valence-corrected chi connectivity index (χ3v) is 11.9. The maximum atomic E-state index is 6.62. The van der Waals surface area contributed by atoms with Crippen molar-refractivity contribution in [2.45, 2.75) is 0 Å². The van der Waals surface area contributed by atoms with E-state index < -0.39 is 0 Å². The number of furan rings is 1. The van der Waals surface area contributed by atoms with Crippen LogP contribution < -0.4 is 0 Å². The van der Waals surface area contributed by atoms with E-state index in [0.717, 1.165) is 55.3 Å². The zero-order valence-corrected chi connectivity index (χ0v) is 30.5. The van der Waals surface area contributed by atoms with Gasteiger partial charge in [0.15, 0.2) is 5.58 Å². The fraction of sp³-hybridized carbons (Fsp3) is 0. The fourth-order valence-electron chi connectivity index (χ4n) is 9.35. The Kier molecular flexibility index (Phi) is 6.10. The van der Waals surface area contributed by atoms with Gasteiger partial charge in [-0.2, -0.15) is 0 Å². The van der Waals surface area contributed by atoms with Crippen LogP contribution in [0.5, 0.6) is 0 Å². The van der Waals surface area contributed by atoms with E-state index in [4.69, 9.17) is 14.4 Å². The zero-order valence-electron chi connectivity index (χ0n) is 30.5. The van der Waals surface area contributed by atoms with Crippen LogP contribution in [0.25, 0.3) is 121 Å². The first-order valence-electron chi connectivity index (χ1n) is 19.3. The number of nitrogens with zero attached hydrogens (tertiary/aromatic N) is 4. The Labute approximate surface area is 325 Å². The zero-order chi connectivity index (χ0) is 37.2. The molecule has 0 aliphatic rings. The summed E-state index contributed by atoms with van der Waals surface area (Å²) >= 11 is 0. The number of fused-ring (bicyclic) bond motifs is 13. The molecule has 0 unspecified atom stereocenters. The van der Waals surface area contributed by atoms with E-state index in [9.17, 15) is 0 Å². The molecule has 57 heavy (non-hydrogen) atoms. The average Bonchev–Trinajstić information content (AvgIpc) is 4.02. The van der Waals surface area contributed by atoms with Gasteiger partial charge in [0, 0.05) is 43.3 Å². The molecule has 0 spiro atoms. The number of para-hydroxylation sites is 3. The SMILES string of the molecule is c1ccc(-c2ccc(-c3nc(-n4c5ccc(-c6ccccc6)cc5c5cc6c7ccccc7n7c8ccccc8c(c54)c67)nc4c3oc3ccccc34)cc2)cc1. The summed E-state index contributed by atoms with van der Waals surface area (Å²) in [7, 11) is 0. The van der Waals surface area contributed by atoms with Crippen molar-refractivity contribution in [3.63, 3.8) is 0 Å². The molecule has 5 heterocycles. The van der Waals surface area contributed by atoms with Crippen LogP contribution in [0, 0.1) is 0 Å². The van der Waals surface area contributed by atoms with E-state index in [-0.39, 0.29) is 0 Å². The molecule has 264 valence electrons. The van der Waals surface area contributed by atoms with E-state index in [1.165, 1.54) is 54.6 Å². The summed E-state index contributed by atoms with van der Waals surface area (Å²) in [6.45, 7) is 0. The fourth-order valence-corrected chi connectivity index (χ4v) is 9.35. The molecule has 0 aliphatic heterocycles. The molecule has 0 atom stereocenters. The Hall–Kier alpha value is -7.76. The Morgan fingerprint density at radius 3 is 1.74 bits per heavy atom. The van der Waals surface area contributed by atoms with Gasteiger partial charge in [0.25, 0.3) is 0 Å². The first kappa shape index (κ1) is 30.6. The van der Waals surface area contributed by atoms with Crippen molar-refractivity contribution >= 4 is 82.0 Å². The Morgan fingerprint density at radius 2 is 0.965 bits per heavy atom. The van der Waals surface area contributed by atoms with Gasteiger partial charge in [0.1, 0.15) is 16.8 Å². The molecule has 8 aromatic carbocycles. The second-order valence-corrected chi connectivity index (χ2v) is 14.9. The molecule has 5 nitrogen and oxygen atoms in total. The quantitative estimate of drug-likeness (QED) is 0.181. The normalized spacial score (nSPS) is 12.2. The summed E-state index contributed by atoms with van der Waals surface area (Å²) in [5, 5.41) is 8.16. The minimum Gasteiger partial charge on any atom is -0.452 e. The van der Waals surface area contributed by atoms with Crippen molar-refractivity contribution in [1.82, 2.24) is 18.9 Å². The lowest BCUT2D eigenvalue weighted by Crippen LogP contribution is -2.03. The number of rotatable bonds is 4. The van der Waals surface area contributed by atoms with Gasteiger partial charge in [0.2, 0.25) is 5.95 Å². The van der Waals surface area contributed by atoms with Gasteiger partial charge in [-0.1, -0.05) is 140 Å². The van der Waals surface area contributed by atoms with Crippen molar-refractivity contribution in [2.24, 2.45) is 0 Å². The Bertz CT molecular complexity index is 3730. The molecule has 0 fully saturated rings. The maximum Gasteiger partial charge on any atom is 0.236 e. The van der Waals surface area contributed by atoms with Crippen molar-refractivity contribution in [2.75, 3.05) is 0 Å². The van der Waals surface area contributed by atoms with Gasteiger partial charge in [-0.15, -0.1) is 0 Å². The molecular weight excluding hydrogens is 697 g/mol. The number of hydrogen-bond acceptors (Lipinski definition) is 3. The van der Waals surface area contributed by atoms with Crippen LogP contribution in [0.2, 0.25) is 0 Å². The predicted molar refractivity (Wildman–Crippen MR) is 235 cm³/mol. The lowest BCUT2D eigenvalue weighted by atomic mass is 10.0. The summed E-state index contributed by atoms with van der Waals surface area (Å²) in [6.07, 6.45) is 0. The van der Waals surface area contributed by atoms with Gasteiger partial charge in [-0.25, -0.2) is 9.97 Å². The van der Waals surface area contributed by atoms with Gasteiger partial charge in [-0.05, 0) is 64.7 Å². The standard InChI is InChI=1S/C52H30N4O/c1-3-13-31(14-4-1)33-23-25-34(26-24-33)47-51-48(38-19-9-12-22-45(38)57-51)54-52(53-47)56-44-28-27-35(32-15-5-2-6-16-32)29-39(44)41-30-40-36-17-7-10-20-42(36)55-43-21-11-8-18-37(43)46(49(40)55)50(41)56/h1-30H. The van der Waals surface area contributed by atoms with E-state index in [1.807, 2.05) is 24.3 Å². The largest absolute Gasteiger partial charge is 0.452 e. The molecule has 5 aromatic heterocycles. The van der Waals surface area contributed by atoms with E-state index >= 15 is 0 Å². The van der Waals surface area contributed by atoms with E-state index in [0.29, 0.717) is 11.5 Å². The topological polar surface area (TPSA) is 48.3 Å². The van der Waals surface area contributed by atoms with Gasteiger partial charge < -0.3 is 8.82 Å². The van der Waals surface area contributed by atoms with Crippen molar-refractivity contribution in [3.8, 4) is 39.5 Å². The Morgan fingerprint density at radius 1 is 0.386 bits per heavy atom. The van der Waals surface area contributed by atoms with Crippen molar-refractivity contribution in [3.05, 3.63) is 182 Å². The maximum absolute atomic E-state index is 6.62. The van der Waals surface area contributed by atoms with E-state index in [1.54, 1.807) is 0 Å². The summed E-state index contributed by atoms with van der Waals surface area (Å²) in [5.41, 5.74) is 14.4. The van der Waals surface area contributed by atoms with Crippen LogP contribution in [-0.2, 0) is 0 Å². The summed E-state index contributed by atoms with van der Waals surface area (Å²) < 4.78 is 11.4. The summed E-state index contributed by atoms with van der Waals surface area (Å²) in [5.74, 6) is 0.603. The lowest BCUT2D eigenvalue weighted by Gasteiger charge is -2.11. The van der Waals surface area contributed by atoms with Crippen molar-refractivity contribution in [1.29, 1.82) is 0 Å². The number of benzene rings is 8. The van der Waals surface area contributed by atoms with Gasteiger partial charge in [-0.3, -0.25) is 4.57 Å². The molecule has 0 N–H and O–H groups in total. The molecule has 0 amide bonds. The smallest absolute Gasteiger partial charge is 0.236 e. The highest BCUT2D eigenvalue weighted by molar-refractivity contribution is 6.34. The molecular formula is C52H30N4O. The van der Waals surface area contributed by atoms with Crippen LogP contribution in [0.4, 0.5) is 0 Å². The summed E-state index contributed by atoms with van der Waals surface area (Å²) in [6, 6.07) is 64.7. The average molecular weight is 727 g/mol. The van der Waals surface area contributed by atoms with E-state index in [2.05, 4.69) is 167 Å². The highest BCUT2D eigenvalue weighted by Crippen LogP contribution is 2.47. The van der Waals surface area contributed by atoms with Crippen LogP contribution >= 0.6 is 0 Å². The molecule has 5 heteroatoms. The van der Waals surface area contributed by atoms with Gasteiger partial charge >= 0.3 is 0 Å². The predicted octanol–water partition coefficient (Wildman–Crippen LogP) is 13.6. The van der Waals surface area contributed by atoms with Crippen LogP contribution in [0.1, 0.15) is 0 Å². The number of aromatic nitrogens is 4. The van der Waals surface area contributed by atoms with Crippen molar-refractivity contribution < 1.29 is 4.42 Å². The van der Waals surface area contributed by atoms with Gasteiger partial charge in [0.05, 0.1) is 27.6 Å². The van der Waals surface area contributed by atoms with Crippen LogP contribution in [0.3, 0.4) is 0 Å². The highest BCUT2D eigenvalue weighted by Gasteiger charge is 2.27. The minimum atomic E-state index is 0.603. The van der Waals surface area contributed by atoms with Crippen LogP contribution in [-0.4, -0.2) is 18.9 Å². The number of hydrogen-bond donors (Lipinski definition) is 0. The second kappa shape index (κ2) is 11.4. The molecule has 13 rings (SSSR count). The molecule has 0 radical (unpaired) electrons. The van der Waals surface area contributed by atoms with Crippen LogP contribution in [0.15, 0.2) is 186 Å². The lowest BCUT2D eigenvalue weighted by molar-refractivity contribution is 0.666. The first-order valence-corrected chi connectivity index (χ1v) is 19.3. The molecule has 13 aromatic rings. The molecule has 0 saturated carbocycles. The minimum absolute atomic E-state index is 0.603. The monoisotopic (exact) mass is 726 g/mol. The second-order valence-electron chi connectivity index (χ2n) is 14.9. The summed E-state index contributed by atoms with van der Waals surface area (Å²) in [4.78, 5) is 11.0. The first-order chi connectivity index (χ1) is 28.3. The molecule has 0 aliphatic carbocycles. The Balaban J connectivity index is 1.19. The molecule has 0 bridgehead atoms. The highest BCUT2D eigenvalue weighted by atomic mass is 16.3. The third-order valence-electron chi connectivity index (χ3n) is 11.9. The molecule has 0 saturated heterocycles.